The van der Waals surface area contributed by atoms with Crippen molar-refractivity contribution in [3.05, 3.63) is 71.4 Å². The van der Waals surface area contributed by atoms with Crippen molar-refractivity contribution in [3.63, 3.8) is 0 Å². The fraction of sp³-hybridized carbons (Fsp3) is 0. The number of para-hydroxylation sites is 2. The molecule has 0 unspecified atom stereocenters. The molecule has 1 aliphatic rings. The van der Waals surface area contributed by atoms with E-state index in [1.54, 1.807) is 42.7 Å². The predicted octanol–water partition coefficient (Wildman–Crippen LogP) is 3.87. The maximum absolute atomic E-state index is 12.6. The summed E-state index contributed by atoms with van der Waals surface area (Å²) in [5, 5.41) is -0.302. The second kappa shape index (κ2) is 5.90. The molecule has 5 nitrogen and oxygen atoms in total. The molecule has 0 aliphatic carbocycles. The molecule has 0 saturated carbocycles. The maximum atomic E-state index is 12.6. The van der Waals surface area contributed by atoms with Crippen LogP contribution in [0.15, 0.2) is 65.8 Å². The molecule has 0 N–H and O–H groups in total. The van der Waals surface area contributed by atoms with Crippen molar-refractivity contribution in [1.29, 1.82) is 0 Å². The zero-order valence-electron chi connectivity index (χ0n) is 12.4. The molecule has 1 aliphatic heterocycles. The van der Waals surface area contributed by atoms with Gasteiger partial charge in [0, 0.05) is 18.0 Å². The van der Waals surface area contributed by atoms with Crippen molar-refractivity contribution in [2.45, 2.75) is 0 Å². The highest BCUT2D eigenvalue weighted by Gasteiger charge is 2.36. The summed E-state index contributed by atoms with van der Waals surface area (Å²) in [6.45, 7) is 0. The van der Waals surface area contributed by atoms with Gasteiger partial charge >= 0.3 is 0 Å². The molecule has 6 heteroatoms. The van der Waals surface area contributed by atoms with Crippen LogP contribution >= 0.6 is 11.8 Å². The van der Waals surface area contributed by atoms with Crippen molar-refractivity contribution in [1.82, 2.24) is 9.97 Å². The first-order chi connectivity index (χ1) is 11.7. The number of thioether (sulfide) groups is 1. The minimum atomic E-state index is -0.322. The molecule has 24 heavy (non-hydrogen) atoms. The summed E-state index contributed by atoms with van der Waals surface area (Å²) in [6, 6.07) is 14.5. The first kappa shape index (κ1) is 14.6. The maximum Gasteiger partial charge on any atom is 0.298 e. The van der Waals surface area contributed by atoms with Gasteiger partial charge in [-0.05, 0) is 36.0 Å². The Balaban J connectivity index is 1.76. The van der Waals surface area contributed by atoms with Gasteiger partial charge in [-0.25, -0.2) is 4.90 Å². The Morgan fingerprint density at radius 3 is 2.54 bits per heavy atom. The molecule has 4 rings (SSSR count). The van der Waals surface area contributed by atoms with Crippen LogP contribution in [-0.4, -0.2) is 21.1 Å². The molecular formula is C18H11N3O2S. The normalized spacial score (nSPS) is 16.3. The lowest BCUT2D eigenvalue weighted by molar-refractivity contribution is -0.113. The molecule has 0 radical (unpaired) electrons. The SMILES string of the molecule is O=C1S/C(=C\c2cccc3nccnc23)C(=O)N1c1ccccc1. The van der Waals surface area contributed by atoms with E-state index in [1.165, 1.54) is 4.90 Å². The molecule has 2 aromatic carbocycles. The monoisotopic (exact) mass is 333 g/mol. The smallest absolute Gasteiger partial charge is 0.268 e. The second-order valence-corrected chi connectivity index (χ2v) is 6.12. The lowest BCUT2D eigenvalue weighted by Crippen LogP contribution is -2.27. The number of benzene rings is 2. The Labute approximate surface area is 142 Å². The topological polar surface area (TPSA) is 63.2 Å². The molecule has 2 amide bonds. The third-order valence-electron chi connectivity index (χ3n) is 3.62. The van der Waals surface area contributed by atoms with E-state index in [0.717, 1.165) is 22.8 Å². The van der Waals surface area contributed by atoms with E-state index in [1.807, 2.05) is 24.3 Å². The van der Waals surface area contributed by atoms with Gasteiger partial charge in [0.05, 0.1) is 21.6 Å². The molecule has 0 spiro atoms. The van der Waals surface area contributed by atoms with Gasteiger partial charge in [0.15, 0.2) is 0 Å². The average Bonchev–Trinajstić information content (AvgIpc) is 2.90. The van der Waals surface area contributed by atoms with Crippen molar-refractivity contribution < 1.29 is 9.59 Å². The quantitative estimate of drug-likeness (QED) is 0.666. The second-order valence-electron chi connectivity index (χ2n) is 5.12. The number of rotatable bonds is 2. The molecule has 0 bridgehead atoms. The number of hydrogen-bond donors (Lipinski definition) is 0. The fourth-order valence-corrected chi connectivity index (χ4v) is 3.37. The number of imide groups is 1. The van der Waals surface area contributed by atoms with Gasteiger partial charge in [-0.2, -0.15) is 0 Å². The van der Waals surface area contributed by atoms with E-state index >= 15 is 0 Å². The first-order valence-corrected chi connectivity index (χ1v) is 8.08. The van der Waals surface area contributed by atoms with Gasteiger partial charge in [-0.1, -0.05) is 30.3 Å². The van der Waals surface area contributed by atoms with Gasteiger partial charge in [-0.3, -0.25) is 19.6 Å². The Hall–Kier alpha value is -2.99. The zero-order chi connectivity index (χ0) is 16.5. The van der Waals surface area contributed by atoms with Gasteiger partial charge in [0.25, 0.3) is 11.1 Å². The van der Waals surface area contributed by atoms with E-state index in [4.69, 9.17) is 0 Å². The highest BCUT2D eigenvalue weighted by molar-refractivity contribution is 8.19. The third-order valence-corrected chi connectivity index (χ3v) is 4.49. The largest absolute Gasteiger partial charge is 0.298 e. The van der Waals surface area contributed by atoms with Crippen molar-refractivity contribution >= 4 is 45.7 Å². The Kier molecular flexibility index (Phi) is 3.59. The van der Waals surface area contributed by atoms with Gasteiger partial charge in [0.1, 0.15) is 0 Å². The number of nitrogens with zero attached hydrogens (tertiary/aromatic N) is 3. The number of carbonyl (C=O) groups is 2. The lowest BCUT2D eigenvalue weighted by atomic mass is 10.1. The van der Waals surface area contributed by atoms with Crippen LogP contribution in [0.1, 0.15) is 5.56 Å². The summed E-state index contributed by atoms with van der Waals surface area (Å²) in [4.78, 5) is 35.0. The van der Waals surface area contributed by atoms with Crippen LogP contribution in [-0.2, 0) is 4.79 Å². The number of fused-ring (bicyclic) bond motifs is 1. The molecule has 2 heterocycles. The number of anilines is 1. The van der Waals surface area contributed by atoms with Gasteiger partial charge < -0.3 is 0 Å². The Morgan fingerprint density at radius 2 is 1.71 bits per heavy atom. The molecule has 0 atom stereocenters. The zero-order valence-corrected chi connectivity index (χ0v) is 13.2. The minimum absolute atomic E-state index is 0.302. The van der Waals surface area contributed by atoms with Crippen molar-refractivity contribution in [3.8, 4) is 0 Å². The predicted molar refractivity (Wildman–Crippen MR) is 94.4 cm³/mol. The molecule has 1 fully saturated rings. The van der Waals surface area contributed by atoms with Crippen LogP contribution in [0.25, 0.3) is 17.1 Å². The standard InChI is InChI=1S/C18H11N3O2S/c22-17-15(24-18(23)21(17)13-6-2-1-3-7-13)11-12-5-4-8-14-16(12)20-10-9-19-14/h1-11H/b15-11-. The van der Waals surface area contributed by atoms with E-state index in [-0.39, 0.29) is 11.1 Å². The molecule has 3 aromatic rings. The van der Waals surface area contributed by atoms with Crippen LogP contribution in [0, 0.1) is 0 Å². The number of amides is 2. The van der Waals surface area contributed by atoms with Gasteiger partial charge in [0.2, 0.25) is 0 Å². The first-order valence-electron chi connectivity index (χ1n) is 7.27. The summed E-state index contributed by atoms with van der Waals surface area (Å²) in [5.41, 5.74) is 2.78. The highest BCUT2D eigenvalue weighted by atomic mass is 32.2. The summed E-state index contributed by atoms with van der Waals surface area (Å²) in [7, 11) is 0. The summed E-state index contributed by atoms with van der Waals surface area (Å²) < 4.78 is 0. The van der Waals surface area contributed by atoms with Crippen LogP contribution in [0.5, 0.6) is 0 Å². The summed E-state index contributed by atoms with van der Waals surface area (Å²) >= 11 is 0.930. The fourth-order valence-electron chi connectivity index (χ4n) is 2.54. The van der Waals surface area contributed by atoms with E-state index in [2.05, 4.69) is 9.97 Å². The molecule has 1 aromatic heterocycles. The number of aromatic nitrogens is 2. The van der Waals surface area contributed by atoms with Crippen molar-refractivity contribution in [2.24, 2.45) is 0 Å². The molecule has 116 valence electrons. The molecular weight excluding hydrogens is 322 g/mol. The Morgan fingerprint density at radius 1 is 0.917 bits per heavy atom. The molecule has 1 saturated heterocycles. The summed E-state index contributed by atoms with van der Waals surface area (Å²) in [6.07, 6.45) is 4.93. The number of hydrogen-bond acceptors (Lipinski definition) is 5. The van der Waals surface area contributed by atoms with E-state index in [0.29, 0.717) is 16.1 Å². The van der Waals surface area contributed by atoms with Crippen molar-refractivity contribution in [2.75, 3.05) is 4.90 Å². The van der Waals surface area contributed by atoms with E-state index < -0.39 is 0 Å². The van der Waals surface area contributed by atoms with Crippen LogP contribution in [0.2, 0.25) is 0 Å². The van der Waals surface area contributed by atoms with Crippen LogP contribution < -0.4 is 4.90 Å². The Bertz CT molecular complexity index is 980. The third kappa shape index (κ3) is 2.47. The highest BCUT2D eigenvalue weighted by Crippen LogP contribution is 2.36. The minimum Gasteiger partial charge on any atom is -0.268 e. The van der Waals surface area contributed by atoms with Gasteiger partial charge in [-0.15, -0.1) is 0 Å². The van der Waals surface area contributed by atoms with Crippen LogP contribution in [0.4, 0.5) is 10.5 Å². The van der Waals surface area contributed by atoms with Crippen LogP contribution in [0.3, 0.4) is 0 Å². The lowest BCUT2D eigenvalue weighted by Gasteiger charge is -2.11. The number of carbonyl (C=O) groups excluding carboxylic acids is 2. The van der Waals surface area contributed by atoms with E-state index in [9.17, 15) is 9.59 Å². The summed E-state index contributed by atoms with van der Waals surface area (Å²) in [5.74, 6) is -0.322. The average molecular weight is 333 g/mol.